The lowest BCUT2D eigenvalue weighted by atomic mass is 10.1. The summed E-state index contributed by atoms with van der Waals surface area (Å²) in [5, 5.41) is 7.53. The maximum Gasteiger partial charge on any atom is 0.245 e. The number of carbonyl (C=O) groups excluding carboxylic acids is 1. The number of hydrogen-bond acceptors (Lipinski definition) is 4. The number of nitrogens with one attached hydrogen (secondary N) is 2. The second-order valence-electron chi connectivity index (χ2n) is 5.79. The molecule has 134 valence electrons. The van der Waals surface area contributed by atoms with E-state index in [-0.39, 0.29) is 12.5 Å². The summed E-state index contributed by atoms with van der Waals surface area (Å²) >= 11 is 13.7. The van der Waals surface area contributed by atoms with Crippen LogP contribution in [0.4, 0.5) is 10.8 Å². The van der Waals surface area contributed by atoms with Gasteiger partial charge < -0.3 is 10.6 Å². The molecule has 0 radical (unpaired) electrons. The molecule has 26 heavy (non-hydrogen) atoms. The SMILES string of the molecule is Cc1ccc(NCC(=O)Nc2ncc(Cc3cccc(Cl)c3Cl)s2)cc1. The van der Waals surface area contributed by atoms with Gasteiger partial charge in [0, 0.05) is 23.2 Å². The van der Waals surface area contributed by atoms with Crippen LogP contribution in [0.1, 0.15) is 16.0 Å². The summed E-state index contributed by atoms with van der Waals surface area (Å²) in [7, 11) is 0. The number of rotatable bonds is 6. The van der Waals surface area contributed by atoms with E-state index in [0.29, 0.717) is 21.6 Å². The fourth-order valence-electron chi connectivity index (χ4n) is 2.34. The second-order valence-corrected chi connectivity index (χ2v) is 7.69. The molecule has 0 saturated carbocycles. The number of thiazole rings is 1. The summed E-state index contributed by atoms with van der Waals surface area (Å²) in [4.78, 5) is 17.3. The van der Waals surface area contributed by atoms with Gasteiger partial charge in [0.25, 0.3) is 0 Å². The molecule has 0 aliphatic carbocycles. The maximum atomic E-state index is 12.1. The molecule has 1 amide bonds. The van der Waals surface area contributed by atoms with Crippen molar-refractivity contribution < 1.29 is 4.79 Å². The molecule has 0 aliphatic heterocycles. The van der Waals surface area contributed by atoms with Gasteiger partial charge in [-0.25, -0.2) is 4.98 Å². The first-order valence-corrected chi connectivity index (χ1v) is 9.56. The smallest absolute Gasteiger partial charge is 0.245 e. The van der Waals surface area contributed by atoms with E-state index in [1.165, 1.54) is 16.9 Å². The normalized spacial score (nSPS) is 10.6. The molecule has 0 spiro atoms. The van der Waals surface area contributed by atoms with Gasteiger partial charge in [0.1, 0.15) is 0 Å². The van der Waals surface area contributed by atoms with Crippen molar-refractivity contribution in [3.05, 3.63) is 74.7 Å². The summed E-state index contributed by atoms with van der Waals surface area (Å²) in [6.45, 7) is 2.20. The standard InChI is InChI=1S/C19H17Cl2N3OS/c1-12-5-7-14(8-6-12)22-11-17(25)24-19-23-10-15(26-19)9-13-3-2-4-16(20)18(13)21/h2-8,10,22H,9,11H2,1H3,(H,23,24,25). The van der Waals surface area contributed by atoms with Crippen LogP contribution >= 0.6 is 34.5 Å². The van der Waals surface area contributed by atoms with Crippen LogP contribution in [0.2, 0.25) is 10.0 Å². The number of hydrogen-bond donors (Lipinski definition) is 2. The monoisotopic (exact) mass is 405 g/mol. The zero-order valence-electron chi connectivity index (χ0n) is 14.1. The third-order valence-corrected chi connectivity index (χ3v) is 5.47. The Morgan fingerprint density at radius 1 is 1.15 bits per heavy atom. The minimum atomic E-state index is -0.146. The first-order valence-electron chi connectivity index (χ1n) is 7.99. The fourth-order valence-corrected chi connectivity index (χ4v) is 3.58. The molecule has 0 unspecified atom stereocenters. The number of nitrogens with zero attached hydrogens (tertiary/aromatic N) is 1. The van der Waals surface area contributed by atoms with Gasteiger partial charge in [-0.15, -0.1) is 11.3 Å². The summed E-state index contributed by atoms with van der Waals surface area (Å²) < 4.78 is 0. The van der Waals surface area contributed by atoms with Crippen LogP contribution in [-0.2, 0) is 11.2 Å². The van der Waals surface area contributed by atoms with Crippen molar-refractivity contribution in [1.82, 2.24) is 4.98 Å². The van der Waals surface area contributed by atoms with Gasteiger partial charge in [0.15, 0.2) is 5.13 Å². The number of amides is 1. The van der Waals surface area contributed by atoms with Crippen molar-refractivity contribution in [2.45, 2.75) is 13.3 Å². The Bertz CT molecular complexity index is 909. The molecule has 7 heteroatoms. The predicted octanol–water partition coefficient (Wildman–Crippen LogP) is 5.40. The number of anilines is 2. The zero-order chi connectivity index (χ0) is 18.5. The van der Waals surface area contributed by atoms with Crippen LogP contribution in [0.25, 0.3) is 0 Å². The molecule has 3 rings (SSSR count). The largest absolute Gasteiger partial charge is 0.376 e. The molecular weight excluding hydrogens is 389 g/mol. The van der Waals surface area contributed by atoms with Crippen molar-refractivity contribution in [1.29, 1.82) is 0 Å². The first kappa shape index (κ1) is 18.7. The minimum Gasteiger partial charge on any atom is -0.376 e. The highest BCUT2D eigenvalue weighted by atomic mass is 35.5. The van der Waals surface area contributed by atoms with Gasteiger partial charge in [-0.2, -0.15) is 0 Å². The lowest BCUT2D eigenvalue weighted by molar-refractivity contribution is -0.114. The van der Waals surface area contributed by atoms with Crippen LogP contribution in [-0.4, -0.2) is 17.4 Å². The van der Waals surface area contributed by atoms with E-state index in [1.54, 1.807) is 12.3 Å². The summed E-state index contributed by atoms with van der Waals surface area (Å²) in [6.07, 6.45) is 2.36. The van der Waals surface area contributed by atoms with Crippen molar-refractivity contribution in [2.75, 3.05) is 17.2 Å². The van der Waals surface area contributed by atoms with E-state index in [0.717, 1.165) is 16.1 Å². The zero-order valence-corrected chi connectivity index (χ0v) is 16.4. The van der Waals surface area contributed by atoms with Crippen molar-refractivity contribution >= 4 is 51.3 Å². The van der Waals surface area contributed by atoms with Crippen molar-refractivity contribution in [3.8, 4) is 0 Å². The molecule has 0 aliphatic rings. The first-order chi connectivity index (χ1) is 12.5. The van der Waals surface area contributed by atoms with E-state index < -0.39 is 0 Å². The second kappa shape index (κ2) is 8.54. The third-order valence-electron chi connectivity index (χ3n) is 3.70. The Morgan fingerprint density at radius 2 is 1.92 bits per heavy atom. The Kier molecular flexibility index (Phi) is 6.14. The molecule has 0 fully saturated rings. The average molecular weight is 406 g/mol. The van der Waals surface area contributed by atoms with E-state index in [9.17, 15) is 4.79 Å². The fraction of sp³-hybridized carbons (Fsp3) is 0.158. The lowest BCUT2D eigenvalue weighted by Gasteiger charge is -2.06. The van der Waals surface area contributed by atoms with Crippen LogP contribution in [0, 0.1) is 6.92 Å². The van der Waals surface area contributed by atoms with Gasteiger partial charge in [0.2, 0.25) is 5.91 Å². The molecule has 0 saturated heterocycles. The van der Waals surface area contributed by atoms with Gasteiger partial charge in [-0.3, -0.25) is 4.79 Å². The van der Waals surface area contributed by atoms with Crippen LogP contribution in [0.3, 0.4) is 0 Å². The quantitative estimate of drug-likeness (QED) is 0.576. The molecule has 1 aromatic heterocycles. The molecule has 0 atom stereocenters. The van der Waals surface area contributed by atoms with Gasteiger partial charge in [-0.1, -0.05) is 53.0 Å². The highest BCUT2D eigenvalue weighted by Crippen LogP contribution is 2.29. The highest BCUT2D eigenvalue weighted by Gasteiger charge is 2.10. The number of aryl methyl sites for hydroxylation is 1. The summed E-state index contributed by atoms with van der Waals surface area (Å²) in [6, 6.07) is 13.4. The molecule has 0 bridgehead atoms. The minimum absolute atomic E-state index is 0.146. The van der Waals surface area contributed by atoms with Crippen LogP contribution < -0.4 is 10.6 Å². The highest BCUT2D eigenvalue weighted by molar-refractivity contribution is 7.15. The van der Waals surface area contributed by atoms with E-state index >= 15 is 0 Å². The van der Waals surface area contributed by atoms with Crippen molar-refractivity contribution in [2.24, 2.45) is 0 Å². The van der Waals surface area contributed by atoms with E-state index in [4.69, 9.17) is 23.2 Å². The molecule has 2 N–H and O–H groups in total. The summed E-state index contributed by atoms with van der Waals surface area (Å²) in [5.74, 6) is -0.146. The number of halogens is 2. The third kappa shape index (κ3) is 4.97. The van der Waals surface area contributed by atoms with Crippen molar-refractivity contribution in [3.63, 3.8) is 0 Å². The van der Waals surface area contributed by atoms with Gasteiger partial charge >= 0.3 is 0 Å². The lowest BCUT2D eigenvalue weighted by Crippen LogP contribution is -2.21. The average Bonchev–Trinajstić information content (AvgIpc) is 3.05. The molecule has 1 heterocycles. The van der Waals surface area contributed by atoms with E-state index in [1.807, 2.05) is 43.3 Å². The Balaban J connectivity index is 1.55. The Hall–Kier alpha value is -2.08. The number of carbonyl (C=O) groups is 1. The van der Waals surface area contributed by atoms with Crippen LogP contribution in [0.15, 0.2) is 48.7 Å². The molecule has 3 aromatic rings. The van der Waals surface area contributed by atoms with Gasteiger partial charge in [-0.05, 0) is 30.7 Å². The van der Waals surface area contributed by atoms with E-state index in [2.05, 4.69) is 15.6 Å². The Labute approximate surface area is 166 Å². The maximum absolute atomic E-state index is 12.1. The Morgan fingerprint density at radius 3 is 2.69 bits per heavy atom. The number of benzene rings is 2. The molecule has 4 nitrogen and oxygen atoms in total. The number of aromatic nitrogens is 1. The molecule has 2 aromatic carbocycles. The predicted molar refractivity (Wildman–Crippen MR) is 110 cm³/mol. The van der Waals surface area contributed by atoms with Gasteiger partial charge in [0.05, 0.1) is 16.6 Å². The summed E-state index contributed by atoms with van der Waals surface area (Å²) in [5.41, 5.74) is 3.01. The van der Waals surface area contributed by atoms with Crippen LogP contribution in [0.5, 0.6) is 0 Å². The molecular formula is C19H17Cl2N3OS. The topological polar surface area (TPSA) is 54.0 Å².